The topological polar surface area (TPSA) is 97.2 Å². The van der Waals surface area contributed by atoms with Crippen molar-refractivity contribution in [2.45, 2.75) is 12.7 Å². The van der Waals surface area contributed by atoms with Crippen molar-refractivity contribution in [3.8, 4) is 0 Å². The number of rotatable bonds is 3. The van der Waals surface area contributed by atoms with Crippen molar-refractivity contribution in [3.63, 3.8) is 0 Å². The summed E-state index contributed by atoms with van der Waals surface area (Å²) in [4.78, 5) is 18.1. The second-order valence-electron chi connectivity index (χ2n) is 3.19. The molecule has 0 aliphatic rings. The van der Waals surface area contributed by atoms with Gasteiger partial charge in [-0.1, -0.05) is 0 Å². The molecule has 0 aliphatic carbocycles. The molecule has 0 aromatic carbocycles. The molecule has 82 valence electrons. The molecule has 0 amide bonds. The highest BCUT2D eigenvalue weighted by Crippen LogP contribution is 2.04. The average molecular weight is 230 g/mol. The van der Waals surface area contributed by atoms with Gasteiger partial charge in [-0.05, 0) is 13.0 Å². The van der Waals surface area contributed by atoms with Crippen LogP contribution in [-0.4, -0.2) is 35.7 Å². The first-order valence-electron chi connectivity index (χ1n) is 4.03. The molecule has 15 heavy (non-hydrogen) atoms. The quantitative estimate of drug-likeness (QED) is 0.786. The predicted molar refractivity (Wildman–Crippen MR) is 52.3 cm³/mol. The van der Waals surface area contributed by atoms with Crippen LogP contribution in [0.4, 0.5) is 0 Å². The third-order valence-corrected chi connectivity index (χ3v) is 2.29. The van der Waals surface area contributed by atoms with Gasteiger partial charge in [-0.15, -0.1) is 0 Å². The maximum Gasteiger partial charge on any atom is 0.354 e. The zero-order valence-corrected chi connectivity index (χ0v) is 9.08. The van der Waals surface area contributed by atoms with Crippen LogP contribution < -0.4 is 0 Å². The van der Waals surface area contributed by atoms with E-state index in [4.69, 9.17) is 5.11 Å². The van der Waals surface area contributed by atoms with E-state index >= 15 is 0 Å². The first-order chi connectivity index (χ1) is 6.78. The standard InChI is InChI=1S/C8H10N2O4S/c1-5-3-6(8(11)12)10-7(9-5)4-15(2,13)14/h3H,4H2,1-2H3,(H,11,12). The van der Waals surface area contributed by atoms with Crippen LogP contribution in [0, 0.1) is 6.92 Å². The third kappa shape index (κ3) is 3.62. The molecule has 1 aromatic heterocycles. The minimum atomic E-state index is -3.25. The van der Waals surface area contributed by atoms with Gasteiger partial charge in [-0.2, -0.15) is 0 Å². The lowest BCUT2D eigenvalue weighted by molar-refractivity contribution is 0.0689. The molecular formula is C8H10N2O4S. The van der Waals surface area contributed by atoms with Gasteiger partial charge in [0.25, 0.3) is 0 Å². The van der Waals surface area contributed by atoms with Crippen LogP contribution in [0.1, 0.15) is 22.0 Å². The fraction of sp³-hybridized carbons (Fsp3) is 0.375. The Morgan fingerprint density at radius 2 is 2.07 bits per heavy atom. The maximum absolute atomic E-state index is 11.0. The van der Waals surface area contributed by atoms with Crippen LogP contribution in [0.3, 0.4) is 0 Å². The molecule has 7 heteroatoms. The van der Waals surface area contributed by atoms with E-state index in [1.54, 1.807) is 6.92 Å². The van der Waals surface area contributed by atoms with E-state index in [1.807, 2.05) is 0 Å². The smallest absolute Gasteiger partial charge is 0.354 e. The van der Waals surface area contributed by atoms with Gasteiger partial charge in [0.2, 0.25) is 0 Å². The summed E-state index contributed by atoms with van der Waals surface area (Å²) in [6.07, 6.45) is 1.04. The average Bonchev–Trinajstić information content (AvgIpc) is 1.99. The molecular weight excluding hydrogens is 220 g/mol. The van der Waals surface area contributed by atoms with Crippen LogP contribution in [0.25, 0.3) is 0 Å². The number of hydrogen-bond donors (Lipinski definition) is 1. The highest BCUT2D eigenvalue weighted by atomic mass is 32.2. The molecule has 1 aromatic rings. The summed E-state index contributed by atoms with van der Waals surface area (Å²) in [6, 6.07) is 1.29. The van der Waals surface area contributed by atoms with Gasteiger partial charge >= 0.3 is 5.97 Å². The first kappa shape index (κ1) is 11.6. The molecule has 0 saturated carbocycles. The fourth-order valence-corrected chi connectivity index (χ4v) is 1.64. The van der Waals surface area contributed by atoms with Gasteiger partial charge in [0.15, 0.2) is 15.5 Å². The van der Waals surface area contributed by atoms with Crippen molar-refractivity contribution in [2.75, 3.05) is 6.26 Å². The van der Waals surface area contributed by atoms with Gasteiger partial charge in [0.1, 0.15) is 11.6 Å². The van der Waals surface area contributed by atoms with Crippen molar-refractivity contribution >= 4 is 15.8 Å². The molecule has 0 bridgehead atoms. The largest absolute Gasteiger partial charge is 0.477 e. The molecule has 6 nitrogen and oxygen atoms in total. The first-order valence-corrected chi connectivity index (χ1v) is 6.09. The van der Waals surface area contributed by atoms with Crippen molar-refractivity contribution in [1.82, 2.24) is 9.97 Å². The minimum Gasteiger partial charge on any atom is -0.477 e. The fourth-order valence-electron chi connectivity index (χ4n) is 1.04. The van der Waals surface area contributed by atoms with Crippen molar-refractivity contribution < 1.29 is 18.3 Å². The van der Waals surface area contributed by atoms with E-state index in [0.717, 1.165) is 6.26 Å². The van der Waals surface area contributed by atoms with E-state index in [9.17, 15) is 13.2 Å². The molecule has 0 spiro atoms. The summed E-state index contributed by atoms with van der Waals surface area (Å²) < 4.78 is 21.9. The van der Waals surface area contributed by atoms with Crippen molar-refractivity contribution in [2.24, 2.45) is 0 Å². The molecule has 0 aliphatic heterocycles. The number of hydrogen-bond acceptors (Lipinski definition) is 5. The minimum absolute atomic E-state index is 0.00917. The molecule has 0 saturated heterocycles. The van der Waals surface area contributed by atoms with Gasteiger partial charge in [0, 0.05) is 11.9 Å². The van der Waals surface area contributed by atoms with Crippen molar-refractivity contribution in [1.29, 1.82) is 0 Å². The van der Waals surface area contributed by atoms with E-state index < -0.39 is 15.8 Å². The van der Waals surface area contributed by atoms with Crippen molar-refractivity contribution in [3.05, 3.63) is 23.3 Å². The number of aromatic carboxylic acids is 1. The van der Waals surface area contributed by atoms with E-state index in [0.29, 0.717) is 5.69 Å². The number of aryl methyl sites for hydroxylation is 1. The summed E-state index contributed by atoms with van der Waals surface area (Å²) in [5, 5.41) is 8.69. The zero-order valence-electron chi connectivity index (χ0n) is 8.26. The number of carbonyl (C=O) groups is 1. The maximum atomic E-state index is 11.0. The summed E-state index contributed by atoms with van der Waals surface area (Å²) in [5.41, 5.74) is 0.238. The third-order valence-electron chi connectivity index (χ3n) is 1.51. The van der Waals surface area contributed by atoms with Crippen LogP contribution in [0.2, 0.25) is 0 Å². The monoisotopic (exact) mass is 230 g/mol. The lowest BCUT2D eigenvalue weighted by atomic mass is 10.3. The van der Waals surface area contributed by atoms with E-state index in [-0.39, 0.29) is 17.3 Å². The van der Waals surface area contributed by atoms with Crippen LogP contribution in [-0.2, 0) is 15.6 Å². The van der Waals surface area contributed by atoms with Crippen LogP contribution >= 0.6 is 0 Å². The number of carboxylic acid groups (broad SMARTS) is 1. The Kier molecular flexibility index (Phi) is 3.04. The zero-order chi connectivity index (χ0) is 11.6. The lowest BCUT2D eigenvalue weighted by Gasteiger charge is -2.01. The predicted octanol–water partition coefficient (Wildman–Crippen LogP) is 0.0278. The second kappa shape index (κ2) is 3.93. The summed E-state index contributed by atoms with van der Waals surface area (Å²) >= 11 is 0. The molecule has 0 radical (unpaired) electrons. The number of sulfone groups is 1. The molecule has 0 unspecified atom stereocenters. The molecule has 1 N–H and O–H groups in total. The Morgan fingerprint density at radius 3 is 2.53 bits per heavy atom. The van der Waals surface area contributed by atoms with E-state index in [2.05, 4.69) is 9.97 Å². The Morgan fingerprint density at radius 1 is 1.47 bits per heavy atom. The van der Waals surface area contributed by atoms with E-state index in [1.165, 1.54) is 6.07 Å². The summed E-state index contributed by atoms with van der Waals surface area (Å²) in [7, 11) is -3.25. The Hall–Kier alpha value is -1.50. The molecule has 1 heterocycles. The number of carboxylic acids is 1. The van der Waals surface area contributed by atoms with Gasteiger partial charge in [-0.3, -0.25) is 0 Å². The highest BCUT2D eigenvalue weighted by molar-refractivity contribution is 7.89. The molecule has 0 fully saturated rings. The Labute approximate surface area is 86.9 Å². The normalized spacial score (nSPS) is 11.3. The van der Waals surface area contributed by atoms with Crippen LogP contribution in [0.5, 0.6) is 0 Å². The Balaban J connectivity index is 3.15. The lowest BCUT2D eigenvalue weighted by Crippen LogP contribution is -2.10. The Bertz CT molecular complexity index is 495. The van der Waals surface area contributed by atoms with Gasteiger partial charge in [-0.25, -0.2) is 23.2 Å². The molecule has 1 rings (SSSR count). The highest BCUT2D eigenvalue weighted by Gasteiger charge is 2.12. The molecule has 0 atom stereocenters. The summed E-state index contributed by atoms with van der Waals surface area (Å²) in [6.45, 7) is 1.58. The number of nitrogens with zero attached hydrogens (tertiary/aromatic N) is 2. The summed E-state index contributed by atoms with van der Waals surface area (Å²) in [5.74, 6) is -1.54. The number of aromatic nitrogens is 2. The second-order valence-corrected chi connectivity index (χ2v) is 5.33. The van der Waals surface area contributed by atoms with Crippen LogP contribution in [0.15, 0.2) is 6.07 Å². The van der Waals surface area contributed by atoms with Gasteiger partial charge < -0.3 is 5.11 Å². The van der Waals surface area contributed by atoms with Gasteiger partial charge in [0.05, 0.1) is 0 Å². The SMILES string of the molecule is Cc1cc(C(=O)O)nc(CS(C)(=O)=O)n1.